The van der Waals surface area contributed by atoms with E-state index in [1.54, 1.807) is 18.2 Å². The number of nitrogens with one attached hydrogen (secondary N) is 1. The Labute approximate surface area is 118 Å². The van der Waals surface area contributed by atoms with Crippen molar-refractivity contribution in [2.75, 3.05) is 26.2 Å². The van der Waals surface area contributed by atoms with Crippen LogP contribution in [0.3, 0.4) is 0 Å². The molecule has 0 radical (unpaired) electrons. The van der Waals surface area contributed by atoms with Crippen molar-refractivity contribution in [1.29, 1.82) is 0 Å². The number of halogens is 2. The number of amides is 1. The van der Waals surface area contributed by atoms with Gasteiger partial charge in [0.25, 0.3) is 5.91 Å². The van der Waals surface area contributed by atoms with Gasteiger partial charge in [-0.05, 0) is 31.3 Å². The van der Waals surface area contributed by atoms with Crippen LogP contribution in [0.2, 0.25) is 10.0 Å². The van der Waals surface area contributed by atoms with Crippen LogP contribution in [0.4, 0.5) is 0 Å². The third-order valence-corrected chi connectivity index (χ3v) is 3.53. The lowest BCUT2D eigenvalue weighted by Crippen LogP contribution is -2.34. The monoisotopic (exact) mass is 288 g/mol. The third-order valence-electron chi connectivity index (χ3n) is 2.79. The van der Waals surface area contributed by atoms with E-state index in [1.807, 2.05) is 0 Å². The second kappa shape index (κ2) is 7.62. The summed E-state index contributed by atoms with van der Waals surface area (Å²) >= 11 is 11.7. The molecule has 0 bridgehead atoms. The van der Waals surface area contributed by atoms with Gasteiger partial charge < -0.3 is 10.2 Å². The molecule has 1 rings (SSSR count). The molecule has 0 aromatic heterocycles. The molecule has 0 aliphatic rings. The van der Waals surface area contributed by atoms with Crippen LogP contribution >= 0.6 is 23.2 Å². The topological polar surface area (TPSA) is 32.3 Å². The summed E-state index contributed by atoms with van der Waals surface area (Å²) in [5.74, 6) is -0.124. The first-order chi connectivity index (χ1) is 8.58. The molecule has 1 aromatic rings. The van der Waals surface area contributed by atoms with E-state index in [4.69, 9.17) is 23.2 Å². The van der Waals surface area contributed by atoms with Gasteiger partial charge in [-0.15, -0.1) is 0 Å². The molecular formula is C13H18Cl2N2O. The van der Waals surface area contributed by atoms with Gasteiger partial charge in [0.05, 0.1) is 10.0 Å². The van der Waals surface area contributed by atoms with Crippen LogP contribution in [-0.2, 0) is 0 Å². The number of nitrogens with zero attached hydrogens (tertiary/aromatic N) is 1. The predicted octanol–water partition coefficient (Wildman–Crippen LogP) is 3.07. The fourth-order valence-electron chi connectivity index (χ4n) is 1.61. The quantitative estimate of drug-likeness (QED) is 0.873. The van der Waals surface area contributed by atoms with Gasteiger partial charge in [-0.2, -0.15) is 0 Å². The Kier molecular flexibility index (Phi) is 6.47. The lowest BCUT2D eigenvalue weighted by molar-refractivity contribution is 0.0949. The van der Waals surface area contributed by atoms with Crippen molar-refractivity contribution >= 4 is 29.1 Å². The van der Waals surface area contributed by atoms with Gasteiger partial charge in [-0.1, -0.05) is 37.0 Å². The fourth-order valence-corrected chi connectivity index (χ4v) is 1.90. The van der Waals surface area contributed by atoms with Crippen LogP contribution in [0.15, 0.2) is 18.2 Å². The maximum Gasteiger partial charge on any atom is 0.251 e. The van der Waals surface area contributed by atoms with Crippen LogP contribution in [0.25, 0.3) is 0 Å². The van der Waals surface area contributed by atoms with Crippen molar-refractivity contribution in [3.8, 4) is 0 Å². The zero-order valence-electron chi connectivity index (χ0n) is 10.7. The summed E-state index contributed by atoms with van der Waals surface area (Å²) in [4.78, 5) is 14.1. The summed E-state index contributed by atoms with van der Waals surface area (Å²) < 4.78 is 0. The Morgan fingerprint density at radius 2 is 1.89 bits per heavy atom. The van der Waals surface area contributed by atoms with E-state index in [0.29, 0.717) is 22.2 Å². The van der Waals surface area contributed by atoms with Crippen molar-refractivity contribution in [3.05, 3.63) is 33.8 Å². The maximum atomic E-state index is 11.8. The zero-order valence-corrected chi connectivity index (χ0v) is 12.2. The molecule has 100 valence electrons. The van der Waals surface area contributed by atoms with Crippen molar-refractivity contribution in [1.82, 2.24) is 10.2 Å². The number of carbonyl (C=O) groups is 1. The smallest absolute Gasteiger partial charge is 0.251 e. The molecule has 1 N–H and O–H groups in total. The standard InChI is InChI=1S/C13H18Cl2N2O/c1-3-17(4-2)8-7-16-13(18)10-5-6-11(14)12(15)9-10/h5-6,9H,3-4,7-8H2,1-2H3,(H,16,18). The highest BCUT2D eigenvalue weighted by atomic mass is 35.5. The summed E-state index contributed by atoms with van der Waals surface area (Å²) in [6, 6.07) is 4.88. The SMILES string of the molecule is CCN(CC)CCNC(=O)c1ccc(Cl)c(Cl)c1. The molecule has 0 aliphatic carbocycles. The molecular weight excluding hydrogens is 271 g/mol. The van der Waals surface area contributed by atoms with Crippen LogP contribution in [-0.4, -0.2) is 37.0 Å². The largest absolute Gasteiger partial charge is 0.351 e. The van der Waals surface area contributed by atoms with Crippen molar-refractivity contribution < 1.29 is 4.79 Å². The van der Waals surface area contributed by atoms with Crippen molar-refractivity contribution in [2.24, 2.45) is 0 Å². The molecule has 1 amide bonds. The lowest BCUT2D eigenvalue weighted by Gasteiger charge is -2.17. The number of likely N-dealkylation sites (N-methyl/N-ethyl adjacent to an activating group) is 1. The van der Waals surface area contributed by atoms with Gasteiger partial charge in [0, 0.05) is 18.7 Å². The molecule has 1 aromatic carbocycles. The number of carbonyl (C=O) groups excluding carboxylic acids is 1. The van der Waals surface area contributed by atoms with E-state index in [0.717, 1.165) is 19.6 Å². The van der Waals surface area contributed by atoms with Crippen LogP contribution in [0.5, 0.6) is 0 Å². The van der Waals surface area contributed by atoms with Gasteiger partial charge in [0.15, 0.2) is 0 Å². The number of rotatable bonds is 6. The second-order valence-corrected chi connectivity index (χ2v) is 4.73. The summed E-state index contributed by atoms with van der Waals surface area (Å²) in [5.41, 5.74) is 0.531. The van der Waals surface area contributed by atoms with E-state index >= 15 is 0 Å². The molecule has 0 heterocycles. The molecule has 18 heavy (non-hydrogen) atoms. The normalized spacial score (nSPS) is 10.7. The van der Waals surface area contributed by atoms with Gasteiger partial charge in [-0.25, -0.2) is 0 Å². The van der Waals surface area contributed by atoms with Gasteiger partial charge in [0.2, 0.25) is 0 Å². The highest BCUT2D eigenvalue weighted by Gasteiger charge is 2.08. The minimum atomic E-state index is -0.124. The molecule has 0 fully saturated rings. The van der Waals surface area contributed by atoms with E-state index in [2.05, 4.69) is 24.1 Å². The lowest BCUT2D eigenvalue weighted by atomic mass is 10.2. The second-order valence-electron chi connectivity index (χ2n) is 3.91. The van der Waals surface area contributed by atoms with E-state index in [1.165, 1.54) is 0 Å². The molecule has 0 saturated carbocycles. The minimum absolute atomic E-state index is 0.124. The Morgan fingerprint density at radius 3 is 2.44 bits per heavy atom. The molecule has 3 nitrogen and oxygen atoms in total. The predicted molar refractivity (Wildman–Crippen MR) is 76.6 cm³/mol. The van der Waals surface area contributed by atoms with E-state index in [9.17, 15) is 4.79 Å². The zero-order chi connectivity index (χ0) is 13.5. The summed E-state index contributed by atoms with van der Waals surface area (Å²) in [7, 11) is 0. The average molecular weight is 289 g/mol. The minimum Gasteiger partial charge on any atom is -0.351 e. The average Bonchev–Trinajstić information content (AvgIpc) is 2.37. The third kappa shape index (κ3) is 4.48. The van der Waals surface area contributed by atoms with Crippen LogP contribution in [0, 0.1) is 0 Å². The first-order valence-electron chi connectivity index (χ1n) is 6.04. The summed E-state index contributed by atoms with van der Waals surface area (Å²) in [5, 5.41) is 3.71. The molecule has 5 heteroatoms. The van der Waals surface area contributed by atoms with Gasteiger partial charge in [0.1, 0.15) is 0 Å². The fraction of sp³-hybridized carbons (Fsp3) is 0.462. The Balaban J connectivity index is 2.48. The number of benzene rings is 1. The maximum absolute atomic E-state index is 11.8. The first-order valence-corrected chi connectivity index (χ1v) is 6.79. The molecule has 0 saturated heterocycles. The highest BCUT2D eigenvalue weighted by molar-refractivity contribution is 6.42. The molecule has 0 aliphatic heterocycles. The van der Waals surface area contributed by atoms with Crippen LogP contribution in [0.1, 0.15) is 24.2 Å². The van der Waals surface area contributed by atoms with Crippen molar-refractivity contribution in [2.45, 2.75) is 13.8 Å². The van der Waals surface area contributed by atoms with Crippen LogP contribution < -0.4 is 5.32 Å². The molecule has 0 atom stereocenters. The van der Waals surface area contributed by atoms with E-state index < -0.39 is 0 Å². The van der Waals surface area contributed by atoms with Crippen molar-refractivity contribution in [3.63, 3.8) is 0 Å². The Bertz CT molecular complexity index is 406. The first kappa shape index (κ1) is 15.3. The van der Waals surface area contributed by atoms with Gasteiger partial charge in [-0.3, -0.25) is 4.79 Å². The van der Waals surface area contributed by atoms with Gasteiger partial charge >= 0.3 is 0 Å². The molecule has 0 unspecified atom stereocenters. The Hall–Kier alpha value is -0.770. The number of hydrogen-bond donors (Lipinski definition) is 1. The number of hydrogen-bond acceptors (Lipinski definition) is 2. The molecule has 0 spiro atoms. The summed E-state index contributed by atoms with van der Waals surface area (Å²) in [6.45, 7) is 7.65. The summed E-state index contributed by atoms with van der Waals surface area (Å²) in [6.07, 6.45) is 0. The van der Waals surface area contributed by atoms with E-state index in [-0.39, 0.29) is 5.91 Å². The highest BCUT2D eigenvalue weighted by Crippen LogP contribution is 2.22. The Morgan fingerprint density at radius 1 is 1.22 bits per heavy atom.